The predicted octanol–water partition coefficient (Wildman–Crippen LogP) is 0.695. The molecule has 1 aliphatic rings. The molecule has 0 radical (unpaired) electrons. The second kappa shape index (κ2) is 6.92. The summed E-state index contributed by atoms with van der Waals surface area (Å²) < 4.78 is 0. The highest BCUT2D eigenvalue weighted by Crippen LogP contribution is 2.28. The number of carbonyl (C=O) groups excluding carboxylic acids is 3. The number of imide groups is 1. The lowest BCUT2D eigenvalue weighted by Gasteiger charge is -2.23. The van der Waals surface area contributed by atoms with Crippen molar-refractivity contribution in [1.29, 1.82) is 0 Å². The van der Waals surface area contributed by atoms with Crippen LogP contribution in [0.15, 0.2) is 24.3 Å². The topological polar surface area (TPSA) is 107 Å². The van der Waals surface area contributed by atoms with Crippen molar-refractivity contribution in [1.82, 2.24) is 15.1 Å². The van der Waals surface area contributed by atoms with Gasteiger partial charge in [-0.05, 0) is 19.4 Å². The SMILES string of the molecule is Cc1ccc(C2(C)NC(=O)N(CC(=O)N(C)CCC(=O)O)C2=O)cc1. The van der Waals surface area contributed by atoms with Crippen LogP contribution in [-0.2, 0) is 19.9 Å². The summed E-state index contributed by atoms with van der Waals surface area (Å²) >= 11 is 0. The van der Waals surface area contributed by atoms with Crippen molar-refractivity contribution in [3.05, 3.63) is 35.4 Å². The van der Waals surface area contributed by atoms with Gasteiger partial charge >= 0.3 is 12.0 Å². The molecule has 0 saturated carbocycles. The van der Waals surface area contributed by atoms with Crippen molar-refractivity contribution in [3.8, 4) is 0 Å². The third-order valence-corrected chi connectivity index (χ3v) is 4.28. The molecule has 0 bridgehead atoms. The van der Waals surface area contributed by atoms with Gasteiger partial charge < -0.3 is 15.3 Å². The Kier molecular flexibility index (Phi) is 5.10. The van der Waals surface area contributed by atoms with Gasteiger partial charge in [0.05, 0.1) is 6.42 Å². The van der Waals surface area contributed by atoms with Gasteiger partial charge in [-0.1, -0.05) is 29.8 Å². The Morgan fingerprint density at radius 2 is 1.84 bits per heavy atom. The van der Waals surface area contributed by atoms with E-state index in [1.165, 1.54) is 11.9 Å². The van der Waals surface area contributed by atoms with E-state index >= 15 is 0 Å². The number of hydrogen-bond acceptors (Lipinski definition) is 4. The molecule has 0 aromatic heterocycles. The summed E-state index contributed by atoms with van der Waals surface area (Å²) in [5.41, 5.74) is 0.423. The number of amides is 4. The maximum absolute atomic E-state index is 12.7. The zero-order valence-corrected chi connectivity index (χ0v) is 14.4. The van der Waals surface area contributed by atoms with E-state index in [0.29, 0.717) is 5.56 Å². The standard InChI is InChI=1S/C17H21N3O5/c1-11-4-6-12(7-5-11)17(2)15(24)20(16(25)18-17)10-13(21)19(3)9-8-14(22)23/h4-7H,8-10H2,1-3H3,(H,18,25)(H,22,23). The lowest BCUT2D eigenvalue weighted by atomic mass is 9.91. The second-order valence-corrected chi connectivity index (χ2v) is 6.27. The summed E-state index contributed by atoms with van der Waals surface area (Å²) in [6.45, 7) is 3.09. The van der Waals surface area contributed by atoms with Crippen LogP contribution in [0.3, 0.4) is 0 Å². The molecular formula is C17H21N3O5. The number of carboxylic acid groups (broad SMARTS) is 1. The Hall–Kier alpha value is -2.90. The molecule has 1 heterocycles. The van der Waals surface area contributed by atoms with Crippen molar-refractivity contribution in [2.75, 3.05) is 20.1 Å². The molecule has 0 spiro atoms. The third kappa shape index (κ3) is 3.78. The summed E-state index contributed by atoms with van der Waals surface area (Å²) in [4.78, 5) is 49.7. The van der Waals surface area contributed by atoms with E-state index in [9.17, 15) is 19.2 Å². The number of rotatable bonds is 6. The molecule has 1 aromatic carbocycles. The van der Waals surface area contributed by atoms with Gasteiger partial charge in [0.25, 0.3) is 5.91 Å². The Labute approximate surface area is 145 Å². The maximum Gasteiger partial charge on any atom is 0.325 e. The van der Waals surface area contributed by atoms with Crippen molar-refractivity contribution >= 4 is 23.8 Å². The van der Waals surface area contributed by atoms with E-state index in [0.717, 1.165) is 10.5 Å². The molecule has 0 aliphatic carbocycles. The zero-order valence-electron chi connectivity index (χ0n) is 14.4. The predicted molar refractivity (Wildman–Crippen MR) is 88.7 cm³/mol. The number of likely N-dealkylation sites (N-methyl/N-ethyl adjacent to an activating group) is 1. The highest BCUT2D eigenvalue weighted by atomic mass is 16.4. The van der Waals surface area contributed by atoms with Crippen LogP contribution in [0.4, 0.5) is 4.79 Å². The van der Waals surface area contributed by atoms with Gasteiger partial charge in [-0.3, -0.25) is 19.3 Å². The summed E-state index contributed by atoms with van der Waals surface area (Å²) in [5.74, 6) is -2.04. The van der Waals surface area contributed by atoms with E-state index in [1.807, 2.05) is 19.1 Å². The first-order chi connectivity index (χ1) is 11.6. The molecule has 1 unspecified atom stereocenters. The lowest BCUT2D eigenvalue weighted by Crippen LogP contribution is -2.44. The van der Waals surface area contributed by atoms with Crippen molar-refractivity contribution in [2.24, 2.45) is 0 Å². The minimum absolute atomic E-state index is 0.00699. The van der Waals surface area contributed by atoms with Gasteiger partial charge in [0.15, 0.2) is 0 Å². The van der Waals surface area contributed by atoms with E-state index < -0.39 is 35.9 Å². The number of nitrogens with one attached hydrogen (secondary N) is 1. The summed E-state index contributed by atoms with van der Waals surface area (Å²) in [6, 6.07) is 6.56. The number of hydrogen-bond donors (Lipinski definition) is 2. The van der Waals surface area contributed by atoms with Crippen molar-refractivity contribution < 1.29 is 24.3 Å². The van der Waals surface area contributed by atoms with Gasteiger partial charge in [-0.2, -0.15) is 0 Å². The average molecular weight is 347 g/mol. The number of aliphatic carboxylic acids is 1. The molecule has 25 heavy (non-hydrogen) atoms. The highest BCUT2D eigenvalue weighted by Gasteiger charge is 2.49. The van der Waals surface area contributed by atoms with Crippen LogP contribution in [0.25, 0.3) is 0 Å². The smallest absolute Gasteiger partial charge is 0.325 e. The number of carbonyl (C=O) groups is 4. The van der Waals surface area contributed by atoms with Crippen LogP contribution in [-0.4, -0.2) is 58.9 Å². The number of aryl methyl sites for hydroxylation is 1. The number of benzene rings is 1. The van der Waals surface area contributed by atoms with Gasteiger partial charge in [0.1, 0.15) is 12.1 Å². The first-order valence-electron chi connectivity index (χ1n) is 7.82. The maximum atomic E-state index is 12.7. The Balaban J connectivity index is 2.11. The molecule has 134 valence electrons. The first kappa shape index (κ1) is 18.4. The quantitative estimate of drug-likeness (QED) is 0.737. The molecule has 2 rings (SSSR count). The van der Waals surface area contributed by atoms with E-state index in [1.54, 1.807) is 19.1 Å². The molecule has 8 heteroatoms. The monoisotopic (exact) mass is 347 g/mol. The number of nitrogens with zero attached hydrogens (tertiary/aromatic N) is 2. The Morgan fingerprint density at radius 1 is 1.24 bits per heavy atom. The largest absolute Gasteiger partial charge is 0.481 e. The van der Waals surface area contributed by atoms with Crippen LogP contribution in [0.5, 0.6) is 0 Å². The first-order valence-corrected chi connectivity index (χ1v) is 7.82. The minimum Gasteiger partial charge on any atom is -0.481 e. The molecule has 1 atom stereocenters. The van der Waals surface area contributed by atoms with Crippen LogP contribution >= 0.6 is 0 Å². The molecule has 8 nitrogen and oxygen atoms in total. The van der Waals surface area contributed by atoms with E-state index in [2.05, 4.69) is 5.32 Å². The average Bonchev–Trinajstić information content (AvgIpc) is 2.77. The summed E-state index contributed by atoms with van der Waals surface area (Å²) in [5, 5.41) is 11.3. The molecule has 1 fully saturated rings. The fraction of sp³-hybridized carbons (Fsp3) is 0.412. The molecule has 1 aliphatic heterocycles. The fourth-order valence-corrected chi connectivity index (χ4v) is 2.57. The Bertz CT molecular complexity index is 715. The van der Waals surface area contributed by atoms with E-state index in [4.69, 9.17) is 5.11 Å². The number of urea groups is 1. The molecule has 1 aromatic rings. The van der Waals surface area contributed by atoms with Crippen LogP contribution in [0.1, 0.15) is 24.5 Å². The van der Waals surface area contributed by atoms with Gasteiger partial charge in [0.2, 0.25) is 5.91 Å². The lowest BCUT2D eigenvalue weighted by molar-refractivity contribution is -0.140. The van der Waals surface area contributed by atoms with Gasteiger partial charge in [-0.15, -0.1) is 0 Å². The third-order valence-electron chi connectivity index (χ3n) is 4.28. The van der Waals surface area contributed by atoms with Crippen molar-refractivity contribution in [2.45, 2.75) is 25.8 Å². The Morgan fingerprint density at radius 3 is 2.40 bits per heavy atom. The van der Waals surface area contributed by atoms with Crippen LogP contribution < -0.4 is 5.32 Å². The second-order valence-electron chi connectivity index (χ2n) is 6.27. The van der Waals surface area contributed by atoms with Crippen molar-refractivity contribution in [3.63, 3.8) is 0 Å². The fourth-order valence-electron chi connectivity index (χ4n) is 2.57. The highest BCUT2D eigenvalue weighted by molar-refractivity contribution is 6.09. The molecule has 4 amide bonds. The molecular weight excluding hydrogens is 326 g/mol. The molecule has 1 saturated heterocycles. The number of carboxylic acids is 1. The van der Waals surface area contributed by atoms with E-state index in [-0.39, 0.29) is 13.0 Å². The van der Waals surface area contributed by atoms with Gasteiger partial charge in [0, 0.05) is 13.6 Å². The van der Waals surface area contributed by atoms with Crippen LogP contribution in [0.2, 0.25) is 0 Å². The summed E-state index contributed by atoms with van der Waals surface area (Å²) in [7, 11) is 1.43. The van der Waals surface area contributed by atoms with Crippen LogP contribution in [0, 0.1) is 6.92 Å². The zero-order chi connectivity index (χ0) is 18.8. The van der Waals surface area contributed by atoms with Gasteiger partial charge in [-0.25, -0.2) is 4.79 Å². The minimum atomic E-state index is -1.23. The normalized spacial score (nSPS) is 19.7. The molecule has 2 N–H and O–H groups in total. The summed E-state index contributed by atoms with van der Waals surface area (Å²) in [6.07, 6.45) is -0.205.